The highest BCUT2D eigenvalue weighted by Crippen LogP contribution is 2.33. The van der Waals surface area contributed by atoms with E-state index in [9.17, 15) is 13.2 Å². The molecule has 0 aromatic heterocycles. The topological polar surface area (TPSA) is 18.5 Å². The molecule has 90 valence electrons. The Balaban J connectivity index is 3.00. The Kier molecular flexibility index (Phi) is 4.29. The summed E-state index contributed by atoms with van der Waals surface area (Å²) < 4.78 is 45.1. The van der Waals surface area contributed by atoms with Crippen LogP contribution in [-0.4, -0.2) is 13.0 Å². The Morgan fingerprint density at radius 1 is 1.25 bits per heavy atom. The minimum absolute atomic E-state index is 0.0497. The maximum atomic E-state index is 12.1. The Bertz CT molecular complexity index is 352. The molecule has 0 spiro atoms. The SMILES string of the molecule is CCOc1ccc(CCl)cc1OC(F)(F)F. The van der Waals surface area contributed by atoms with Crippen molar-refractivity contribution < 1.29 is 22.6 Å². The number of halogens is 4. The molecule has 0 saturated heterocycles. The van der Waals surface area contributed by atoms with Crippen LogP contribution in [0.2, 0.25) is 0 Å². The number of alkyl halides is 4. The third-order valence-electron chi connectivity index (χ3n) is 1.69. The molecule has 0 aliphatic heterocycles. The van der Waals surface area contributed by atoms with Gasteiger partial charge in [0.2, 0.25) is 0 Å². The van der Waals surface area contributed by atoms with E-state index in [0.29, 0.717) is 5.56 Å². The van der Waals surface area contributed by atoms with Crippen LogP contribution in [-0.2, 0) is 5.88 Å². The van der Waals surface area contributed by atoms with Crippen LogP contribution in [0.3, 0.4) is 0 Å². The summed E-state index contributed by atoms with van der Waals surface area (Å²) in [5.74, 6) is -0.207. The number of ether oxygens (including phenoxy) is 2. The fraction of sp³-hybridized carbons (Fsp3) is 0.400. The van der Waals surface area contributed by atoms with E-state index in [2.05, 4.69) is 4.74 Å². The van der Waals surface area contributed by atoms with E-state index >= 15 is 0 Å². The fourth-order valence-corrected chi connectivity index (χ4v) is 1.28. The molecule has 2 nitrogen and oxygen atoms in total. The lowest BCUT2D eigenvalue weighted by atomic mass is 10.2. The normalized spacial score (nSPS) is 11.3. The van der Waals surface area contributed by atoms with Crippen LogP contribution in [0, 0.1) is 0 Å². The molecule has 16 heavy (non-hydrogen) atoms. The van der Waals surface area contributed by atoms with E-state index in [1.807, 2.05) is 0 Å². The molecule has 0 aliphatic carbocycles. The van der Waals surface area contributed by atoms with Gasteiger partial charge in [0.25, 0.3) is 0 Å². The molecule has 0 heterocycles. The Morgan fingerprint density at radius 2 is 1.94 bits per heavy atom. The second kappa shape index (κ2) is 5.30. The van der Waals surface area contributed by atoms with Gasteiger partial charge in [-0.15, -0.1) is 24.8 Å². The fourth-order valence-electron chi connectivity index (χ4n) is 1.11. The maximum absolute atomic E-state index is 12.1. The first-order valence-corrected chi connectivity index (χ1v) is 5.07. The van der Waals surface area contributed by atoms with E-state index in [4.69, 9.17) is 16.3 Å². The van der Waals surface area contributed by atoms with Gasteiger partial charge < -0.3 is 9.47 Å². The van der Waals surface area contributed by atoms with Crippen molar-refractivity contribution >= 4 is 11.6 Å². The average molecular weight is 255 g/mol. The van der Waals surface area contributed by atoms with E-state index in [-0.39, 0.29) is 24.0 Å². The standard InChI is InChI=1S/C10H10ClF3O2/c1-2-15-8-4-3-7(6-11)5-9(8)16-10(12,13)14/h3-5H,2,6H2,1H3. The first-order valence-electron chi connectivity index (χ1n) is 4.53. The van der Waals surface area contributed by atoms with Crippen LogP contribution in [0.1, 0.15) is 12.5 Å². The summed E-state index contributed by atoms with van der Waals surface area (Å²) in [6, 6.07) is 4.20. The molecule has 0 amide bonds. The van der Waals surface area contributed by atoms with Gasteiger partial charge in [0.05, 0.1) is 6.61 Å². The highest BCUT2D eigenvalue weighted by atomic mass is 35.5. The molecule has 0 radical (unpaired) electrons. The van der Waals surface area contributed by atoms with Gasteiger partial charge in [0, 0.05) is 5.88 Å². The summed E-state index contributed by atoms with van der Waals surface area (Å²) in [6.07, 6.45) is -4.74. The van der Waals surface area contributed by atoms with Gasteiger partial charge in [-0.05, 0) is 24.6 Å². The molecule has 0 unspecified atom stereocenters. The summed E-state index contributed by atoms with van der Waals surface area (Å²) in [6.45, 7) is 1.93. The van der Waals surface area contributed by atoms with Crippen molar-refractivity contribution in [1.82, 2.24) is 0 Å². The minimum atomic E-state index is -4.74. The molecule has 1 aromatic carbocycles. The Morgan fingerprint density at radius 3 is 2.44 bits per heavy atom. The van der Waals surface area contributed by atoms with E-state index in [0.717, 1.165) is 0 Å². The predicted octanol–water partition coefficient (Wildman–Crippen LogP) is 3.72. The number of hydrogen-bond acceptors (Lipinski definition) is 2. The lowest BCUT2D eigenvalue weighted by molar-refractivity contribution is -0.275. The molecule has 1 aromatic rings. The first kappa shape index (κ1) is 13.0. The molecule has 0 aliphatic rings. The molecule has 0 saturated carbocycles. The van der Waals surface area contributed by atoms with E-state index in [1.54, 1.807) is 13.0 Å². The van der Waals surface area contributed by atoms with Crippen molar-refractivity contribution in [3.63, 3.8) is 0 Å². The van der Waals surface area contributed by atoms with E-state index < -0.39 is 6.36 Å². The van der Waals surface area contributed by atoms with Gasteiger partial charge in [0.1, 0.15) is 0 Å². The van der Waals surface area contributed by atoms with Gasteiger partial charge in [-0.2, -0.15) is 0 Å². The van der Waals surface area contributed by atoms with Gasteiger partial charge >= 0.3 is 6.36 Å². The van der Waals surface area contributed by atoms with Crippen molar-refractivity contribution in [3.8, 4) is 11.5 Å². The second-order valence-electron chi connectivity index (χ2n) is 2.90. The van der Waals surface area contributed by atoms with Crippen LogP contribution in [0.15, 0.2) is 18.2 Å². The molecule has 1 rings (SSSR count). The third-order valence-corrected chi connectivity index (χ3v) is 2.00. The summed E-state index contributed by atoms with van der Waals surface area (Å²) in [7, 11) is 0. The summed E-state index contributed by atoms with van der Waals surface area (Å²) in [5, 5.41) is 0. The first-order chi connectivity index (χ1) is 7.46. The van der Waals surface area contributed by atoms with Gasteiger partial charge in [-0.3, -0.25) is 0 Å². The largest absolute Gasteiger partial charge is 0.573 e. The van der Waals surface area contributed by atoms with E-state index in [1.165, 1.54) is 12.1 Å². The zero-order valence-electron chi connectivity index (χ0n) is 8.47. The lowest BCUT2D eigenvalue weighted by Crippen LogP contribution is -2.18. The van der Waals surface area contributed by atoms with Crippen LogP contribution in [0.25, 0.3) is 0 Å². The molecule has 0 atom stereocenters. The van der Waals surface area contributed by atoms with Gasteiger partial charge in [-0.1, -0.05) is 6.07 Å². The van der Waals surface area contributed by atoms with Gasteiger partial charge in [-0.25, -0.2) is 0 Å². The van der Waals surface area contributed by atoms with Crippen molar-refractivity contribution in [2.24, 2.45) is 0 Å². The number of hydrogen-bond donors (Lipinski definition) is 0. The molecule has 6 heteroatoms. The molecular formula is C10H10ClF3O2. The predicted molar refractivity (Wildman–Crippen MR) is 53.9 cm³/mol. The average Bonchev–Trinajstić information content (AvgIpc) is 2.18. The number of benzene rings is 1. The second-order valence-corrected chi connectivity index (χ2v) is 3.16. The maximum Gasteiger partial charge on any atom is 0.573 e. The Hall–Kier alpha value is -1.10. The highest BCUT2D eigenvalue weighted by Gasteiger charge is 2.32. The number of rotatable bonds is 4. The summed E-state index contributed by atoms with van der Waals surface area (Å²) >= 11 is 5.52. The van der Waals surface area contributed by atoms with Crippen molar-refractivity contribution in [2.75, 3.05) is 6.61 Å². The smallest absolute Gasteiger partial charge is 0.490 e. The minimum Gasteiger partial charge on any atom is -0.490 e. The molecule has 0 fully saturated rings. The molecule has 0 bridgehead atoms. The van der Waals surface area contributed by atoms with Crippen LogP contribution >= 0.6 is 11.6 Å². The highest BCUT2D eigenvalue weighted by molar-refractivity contribution is 6.17. The molecular weight excluding hydrogens is 245 g/mol. The summed E-state index contributed by atoms with van der Waals surface area (Å²) in [4.78, 5) is 0. The third kappa shape index (κ3) is 3.81. The monoisotopic (exact) mass is 254 g/mol. The van der Waals surface area contributed by atoms with Crippen molar-refractivity contribution in [3.05, 3.63) is 23.8 Å². The zero-order chi connectivity index (χ0) is 12.2. The summed E-state index contributed by atoms with van der Waals surface area (Å²) in [5.41, 5.74) is 0.532. The quantitative estimate of drug-likeness (QED) is 0.763. The molecule has 0 N–H and O–H groups in total. The lowest BCUT2D eigenvalue weighted by Gasteiger charge is -2.14. The van der Waals surface area contributed by atoms with Crippen LogP contribution < -0.4 is 9.47 Å². The van der Waals surface area contributed by atoms with Gasteiger partial charge in [0.15, 0.2) is 11.5 Å². The van der Waals surface area contributed by atoms with Crippen LogP contribution in [0.4, 0.5) is 13.2 Å². The Labute approximate surface area is 95.9 Å². The van der Waals surface area contributed by atoms with Crippen molar-refractivity contribution in [1.29, 1.82) is 0 Å². The zero-order valence-corrected chi connectivity index (χ0v) is 9.23. The van der Waals surface area contributed by atoms with Crippen LogP contribution in [0.5, 0.6) is 11.5 Å². The van der Waals surface area contributed by atoms with Crippen molar-refractivity contribution in [2.45, 2.75) is 19.2 Å².